The Labute approximate surface area is 139 Å². The van der Waals surface area contributed by atoms with Crippen LogP contribution in [0, 0.1) is 19.8 Å². The van der Waals surface area contributed by atoms with Gasteiger partial charge in [-0.1, -0.05) is 20.8 Å². The molecule has 1 aromatic carbocycles. The molecule has 0 radical (unpaired) electrons. The van der Waals surface area contributed by atoms with Gasteiger partial charge in [0.15, 0.2) is 0 Å². The van der Waals surface area contributed by atoms with Crippen LogP contribution >= 0.6 is 22.6 Å². The summed E-state index contributed by atoms with van der Waals surface area (Å²) in [5, 5.41) is 3.03. The highest BCUT2D eigenvalue weighted by Gasteiger charge is 2.72. The largest absolute Gasteiger partial charge is 0.326 e. The van der Waals surface area contributed by atoms with E-state index >= 15 is 0 Å². The van der Waals surface area contributed by atoms with Crippen molar-refractivity contribution in [3.63, 3.8) is 0 Å². The lowest BCUT2D eigenvalue weighted by molar-refractivity contribution is -0.131. The average molecular weight is 397 g/mol. The van der Waals surface area contributed by atoms with Gasteiger partial charge in [0, 0.05) is 21.1 Å². The lowest BCUT2D eigenvalue weighted by Gasteiger charge is -2.38. The predicted molar refractivity (Wildman–Crippen MR) is 91.0 cm³/mol. The van der Waals surface area contributed by atoms with Crippen LogP contribution in [-0.4, -0.2) is 11.7 Å². The van der Waals surface area contributed by atoms with Gasteiger partial charge in [0.25, 0.3) is 0 Å². The van der Waals surface area contributed by atoms with Gasteiger partial charge in [0.1, 0.15) is 5.78 Å². The van der Waals surface area contributed by atoms with Crippen LogP contribution < -0.4 is 5.32 Å². The smallest absolute Gasteiger partial charge is 0.231 e. The van der Waals surface area contributed by atoms with Crippen molar-refractivity contribution < 1.29 is 9.59 Å². The van der Waals surface area contributed by atoms with E-state index < -0.39 is 5.41 Å². The normalized spacial score (nSPS) is 33.2. The number of rotatable bonds is 2. The van der Waals surface area contributed by atoms with Crippen molar-refractivity contribution in [3.8, 4) is 0 Å². The van der Waals surface area contributed by atoms with E-state index in [2.05, 4.69) is 41.8 Å². The summed E-state index contributed by atoms with van der Waals surface area (Å²) in [7, 11) is 0. The summed E-state index contributed by atoms with van der Waals surface area (Å²) in [4.78, 5) is 25.3. The minimum absolute atomic E-state index is 0.00304. The number of halogens is 1. The van der Waals surface area contributed by atoms with Crippen molar-refractivity contribution in [1.82, 2.24) is 0 Å². The molecule has 4 heteroatoms. The van der Waals surface area contributed by atoms with Crippen LogP contribution in [0.25, 0.3) is 0 Å². The third-order valence-corrected chi connectivity index (χ3v) is 6.96. The van der Waals surface area contributed by atoms with E-state index in [1.165, 1.54) is 0 Å². The summed E-state index contributed by atoms with van der Waals surface area (Å²) in [5.74, 6) is 0.250. The molecule has 0 heterocycles. The third-order valence-electron chi connectivity index (χ3n) is 6.24. The molecule has 2 aliphatic carbocycles. The first-order valence-corrected chi connectivity index (χ1v) is 8.41. The second kappa shape index (κ2) is 4.54. The molecule has 2 fully saturated rings. The summed E-state index contributed by atoms with van der Waals surface area (Å²) in [6.45, 7) is 6.19. The van der Waals surface area contributed by atoms with Gasteiger partial charge in [-0.15, -0.1) is 0 Å². The van der Waals surface area contributed by atoms with Crippen LogP contribution in [0.2, 0.25) is 0 Å². The fraction of sp³-hybridized carbons (Fsp3) is 0.529. The number of ketones is 1. The topological polar surface area (TPSA) is 46.2 Å². The van der Waals surface area contributed by atoms with Gasteiger partial charge >= 0.3 is 0 Å². The van der Waals surface area contributed by atoms with Crippen molar-refractivity contribution in [1.29, 1.82) is 0 Å². The third kappa shape index (κ3) is 1.84. The standard InChI is InChI=1S/C17H20INO2/c1-15(2)16(3)8-9-17(15,10-13(16)20)14(21)19-12-6-4-11(18)5-7-12/h4-7H,8-10H2,1-3H3,(H,19,21)/t16-,17-/m0/s1. The Hall–Kier alpha value is -0.910. The molecular formula is C17H20INO2. The lowest BCUT2D eigenvalue weighted by Crippen LogP contribution is -2.43. The first-order valence-electron chi connectivity index (χ1n) is 7.33. The SMILES string of the molecule is CC1(C)[C@@]2(C(=O)Nc3ccc(I)cc3)CC[C@@]1(C)C(=O)C2. The maximum absolute atomic E-state index is 12.9. The summed E-state index contributed by atoms with van der Waals surface area (Å²) < 4.78 is 1.13. The van der Waals surface area contributed by atoms with E-state index in [9.17, 15) is 9.59 Å². The zero-order valence-corrected chi connectivity index (χ0v) is 14.8. The zero-order chi connectivity index (χ0) is 15.5. The van der Waals surface area contributed by atoms with E-state index in [0.29, 0.717) is 6.42 Å². The Morgan fingerprint density at radius 3 is 2.24 bits per heavy atom. The molecule has 0 spiro atoms. The number of carbonyl (C=O) groups excluding carboxylic acids is 2. The molecule has 1 aromatic rings. The van der Waals surface area contributed by atoms with Crippen LogP contribution in [0.3, 0.4) is 0 Å². The van der Waals surface area contributed by atoms with Crippen molar-refractivity contribution >= 4 is 40.0 Å². The molecule has 1 amide bonds. The molecule has 2 aliphatic rings. The minimum atomic E-state index is -0.554. The van der Waals surface area contributed by atoms with Crippen LogP contribution in [0.5, 0.6) is 0 Å². The van der Waals surface area contributed by atoms with Crippen molar-refractivity contribution in [2.75, 3.05) is 5.32 Å². The van der Waals surface area contributed by atoms with E-state index in [1.54, 1.807) is 0 Å². The fourth-order valence-corrected chi connectivity index (χ4v) is 4.50. The van der Waals surface area contributed by atoms with Gasteiger partial charge in [-0.25, -0.2) is 0 Å². The number of hydrogen-bond donors (Lipinski definition) is 1. The summed E-state index contributed by atoms with van der Waals surface area (Å²) in [5.41, 5.74) is -0.388. The number of anilines is 1. The van der Waals surface area contributed by atoms with E-state index in [1.807, 2.05) is 31.2 Å². The van der Waals surface area contributed by atoms with Crippen LogP contribution in [-0.2, 0) is 9.59 Å². The number of Topliss-reactive ketones (excluding diaryl/α,β-unsaturated/α-hetero) is 1. The molecule has 2 bridgehead atoms. The first-order chi connectivity index (χ1) is 9.73. The van der Waals surface area contributed by atoms with Gasteiger partial charge in [0.05, 0.1) is 5.41 Å². The Balaban J connectivity index is 1.91. The monoisotopic (exact) mass is 397 g/mol. The minimum Gasteiger partial charge on any atom is -0.326 e. The molecule has 0 unspecified atom stereocenters. The molecule has 112 valence electrons. The van der Waals surface area contributed by atoms with Crippen LogP contribution in [0.4, 0.5) is 5.69 Å². The molecule has 1 N–H and O–H groups in total. The number of nitrogens with one attached hydrogen (secondary N) is 1. The second-order valence-corrected chi connectivity index (χ2v) is 8.35. The van der Waals surface area contributed by atoms with E-state index in [-0.39, 0.29) is 22.5 Å². The Kier molecular flexibility index (Phi) is 3.24. The quantitative estimate of drug-likeness (QED) is 0.767. The van der Waals surface area contributed by atoms with E-state index in [0.717, 1.165) is 22.1 Å². The molecule has 0 saturated heterocycles. The maximum Gasteiger partial charge on any atom is 0.231 e. The molecule has 3 rings (SSSR count). The summed E-state index contributed by atoms with van der Waals surface area (Å²) >= 11 is 2.24. The van der Waals surface area contributed by atoms with Gasteiger partial charge < -0.3 is 5.32 Å². The zero-order valence-electron chi connectivity index (χ0n) is 12.6. The molecule has 2 atom stereocenters. The van der Waals surface area contributed by atoms with Crippen LogP contribution in [0.15, 0.2) is 24.3 Å². The lowest BCUT2D eigenvalue weighted by atomic mass is 9.64. The number of hydrogen-bond acceptors (Lipinski definition) is 2. The number of carbonyl (C=O) groups is 2. The predicted octanol–water partition coefficient (Wildman–Crippen LogP) is 4.02. The first kappa shape index (κ1) is 15.0. The average Bonchev–Trinajstić information content (AvgIpc) is 2.72. The van der Waals surface area contributed by atoms with Gasteiger partial charge in [-0.05, 0) is 65.1 Å². The van der Waals surface area contributed by atoms with Crippen LogP contribution in [0.1, 0.15) is 40.0 Å². The Morgan fingerprint density at radius 1 is 1.14 bits per heavy atom. The second-order valence-electron chi connectivity index (χ2n) is 7.10. The summed E-state index contributed by atoms with van der Waals surface area (Å²) in [6.07, 6.45) is 2.00. The number of fused-ring (bicyclic) bond motifs is 2. The molecule has 21 heavy (non-hydrogen) atoms. The summed E-state index contributed by atoms with van der Waals surface area (Å²) in [6, 6.07) is 7.76. The van der Waals surface area contributed by atoms with E-state index in [4.69, 9.17) is 0 Å². The Bertz CT molecular complexity index is 622. The van der Waals surface area contributed by atoms with Crippen molar-refractivity contribution in [2.24, 2.45) is 16.2 Å². The molecular weight excluding hydrogens is 377 g/mol. The van der Waals surface area contributed by atoms with Crippen molar-refractivity contribution in [3.05, 3.63) is 27.8 Å². The van der Waals surface area contributed by atoms with Gasteiger partial charge in [0.2, 0.25) is 5.91 Å². The highest BCUT2D eigenvalue weighted by molar-refractivity contribution is 14.1. The maximum atomic E-state index is 12.9. The molecule has 3 nitrogen and oxygen atoms in total. The van der Waals surface area contributed by atoms with Gasteiger partial charge in [-0.2, -0.15) is 0 Å². The van der Waals surface area contributed by atoms with Gasteiger partial charge in [-0.3, -0.25) is 9.59 Å². The molecule has 2 saturated carbocycles. The Morgan fingerprint density at radius 2 is 1.76 bits per heavy atom. The number of benzene rings is 1. The fourth-order valence-electron chi connectivity index (χ4n) is 4.14. The number of amides is 1. The van der Waals surface area contributed by atoms with Crippen molar-refractivity contribution in [2.45, 2.75) is 40.0 Å². The molecule has 0 aromatic heterocycles. The highest BCUT2D eigenvalue weighted by Crippen LogP contribution is 2.70. The highest BCUT2D eigenvalue weighted by atomic mass is 127. The molecule has 0 aliphatic heterocycles.